The van der Waals surface area contributed by atoms with E-state index in [-0.39, 0.29) is 15.8 Å². The number of methoxy groups -OCH3 is 2. The van der Waals surface area contributed by atoms with Gasteiger partial charge in [-0.05, 0) is 103 Å². The zero-order valence-electron chi connectivity index (χ0n) is 44.0. The van der Waals surface area contributed by atoms with Gasteiger partial charge in [-0.3, -0.25) is 4.79 Å². The van der Waals surface area contributed by atoms with Gasteiger partial charge in [0.25, 0.3) is 20.0 Å². The normalized spacial score (nSPS) is 14.4. The van der Waals surface area contributed by atoms with Crippen LogP contribution in [0.25, 0.3) is 66.6 Å². The molecule has 0 amide bonds. The standard InChI is InChI=1S/2C30H25NO4S.C4H8O2/c2*1-19-11-14-22(15-12-19)36(33,34)31-27-18-21(35-2)13-16-26(27)29-28(32)17-20-7-3-4-8-23(20)24-9-5-6-10-25(24)30(29)31;1-3-6-4(2)5/h2*3-16,18,28,32H,17H2,1-2H3;3H2,1-2H3/t2*28-;/m00./s1. The van der Waals surface area contributed by atoms with Crippen molar-refractivity contribution in [1.82, 2.24) is 7.94 Å². The van der Waals surface area contributed by atoms with Crippen LogP contribution < -0.4 is 9.47 Å². The van der Waals surface area contributed by atoms with Crippen molar-refractivity contribution in [3.8, 4) is 56.3 Å². The Bertz CT molecular complexity index is 3880. The van der Waals surface area contributed by atoms with Gasteiger partial charge >= 0.3 is 5.97 Å². The van der Waals surface area contributed by atoms with Gasteiger partial charge in [0.05, 0.1) is 65.2 Å². The molecule has 0 aliphatic heterocycles. The molecule has 0 bridgehead atoms. The summed E-state index contributed by atoms with van der Waals surface area (Å²) in [5.74, 6) is 0.872. The highest BCUT2D eigenvalue weighted by molar-refractivity contribution is 7.90. The SMILES string of the molecule is CCOC(C)=O.COc1ccc2c3c(n(S(=O)(=O)c4ccc(C)cc4)c2c1)-c1ccccc1-c1ccccc1C[C@@H]3O.COc1ccc2c3c(n(S(=O)(=O)c4ccc(C)cc4)c2c1)-c1ccccc1-c1ccccc1C[C@@H]3O. The number of aliphatic hydroxyl groups excluding tert-OH is 2. The minimum absolute atomic E-state index is 0.185. The minimum atomic E-state index is -4.03. The lowest BCUT2D eigenvalue weighted by atomic mass is 9.85. The van der Waals surface area contributed by atoms with Crippen molar-refractivity contribution >= 4 is 47.8 Å². The third kappa shape index (κ3) is 9.66. The van der Waals surface area contributed by atoms with E-state index in [0.717, 1.165) is 55.6 Å². The van der Waals surface area contributed by atoms with E-state index >= 15 is 0 Å². The molecule has 14 heteroatoms. The van der Waals surface area contributed by atoms with Crippen molar-refractivity contribution in [1.29, 1.82) is 0 Å². The molecule has 0 saturated heterocycles. The first kappa shape index (κ1) is 53.1. The second kappa shape index (κ2) is 21.6. The average Bonchev–Trinajstić information content (AvgIpc) is 4.20. The van der Waals surface area contributed by atoms with E-state index in [9.17, 15) is 31.8 Å². The topological polar surface area (TPSA) is 163 Å². The van der Waals surface area contributed by atoms with Crippen molar-refractivity contribution in [3.63, 3.8) is 0 Å². The molecule has 10 aromatic rings. The number of aliphatic hydroxyl groups is 2. The predicted molar refractivity (Wildman–Crippen MR) is 306 cm³/mol. The number of aryl methyl sites for hydroxylation is 2. The van der Waals surface area contributed by atoms with Crippen molar-refractivity contribution in [2.45, 2.75) is 62.5 Å². The van der Waals surface area contributed by atoms with Gasteiger partial charge in [0.1, 0.15) is 11.5 Å². The van der Waals surface area contributed by atoms with Crippen LogP contribution in [0.1, 0.15) is 59.4 Å². The molecule has 12 rings (SSSR count). The molecule has 396 valence electrons. The van der Waals surface area contributed by atoms with Gasteiger partial charge in [0.2, 0.25) is 0 Å². The minimum Gasteiger partial charge on any atom is -0.497 e. The Morgan fingerprint density at radius 2 is 0.846 bits per heavy atom. The van der Waals surface area contributed by atoms with Crippen LogP contribution in [-0.2, 0) is 42.4 Å². The van der Waals surface area contributed by atoms with E-state index in [1.807, 2.05) is 123 Å². The quantitative estimate of drug-likeness (QED) is 0.147. The molecule has 2 heterocycles. The van der Waals surface area contributed by atoms with Crippen LogP contribution in [0.5, 0.6) is 11.5 Å². The van der Waals surface area contributed by atoms with Crippen molar-refractivity contribution < 1.29 is 46.1 Å². The first-order valence-corrected chi connectivity index (χ1v) is 28.4. The third-order valence-electron chi connectivity index (χ3n) is 14.3. The summed E-state index contributed by atoms with van der Waals surface area (Å²) in [6, 6.07) is 56.0. The number of carbonyl (C=O) groups excluding carboxylic acids is 1. The maximum atomic E-state index is 14.3. The van der Waals surface area contributed by atoms with Gasteiger partial charge in [-0.15, -0.1) is 0 Å². The molecule has 0 spiro atoms. The molecule has 78 heavy (non-hydrogen) atoms. The van der Waals surface area contributed by atoms with E-state index in [0.29, 0.717) is 75.3 Å². The van der Waals surface area contributed by atoms with Crippen molar-refractivity contribution in [2.24, 2.45) is 0 Å². The van der Waals surface area contributed by atoms with Gasteiger partial charge < -0.3 is 24.4 Å². The van der Waals surface area contributed by atoms with Gasteiger partial charge in [0.15, 0.2) is 0 Å². The maximum absolute atomic E-state index is 14.3. The van der Waals surface area contributed by atoms with Crippen molar-refractivity contribution in [2.75, 3.05) is 20.8 Å². The highest BCUT2D eigenvalue weighted by atomic mass is 32.2. The Kier molecular flexibility index (Phi) is 14.7. The summed E-state index contributed by atoms with van der Waals surface area (Å²) in [5.41, 5.74) is 12.4. The monoisotopic (exact) mass is 1080 g/mol. The molecule has 2 atom stereocenters. The summed E-state index contributed by atoms with van der Waals surface area (Å²) in [6.07, 6.45) is -1.07. The molecule has 2 aromatic heterocycles. The zero-order valence-corrected chi connectivity index (χ0v) is 45.6. The lowest BCUT2D eigenvalue weighted by Gasteiger charge is -2.23. The number of benzene rings is 8. The fraction of sp³-hybridized carbons (Fsp3) is 0.172. The van der Waals surface area contributed by atoms with Gasteiger partial charge in [-0.25, -0.2) is 24.8 Å². The number of nitrogens with zero attached hydrogens (tertiary/aromatic N) is 2. The summed E-state index contributed by atoms with van der Waals surface area (Å²) in [4.78, 5) is 10.2. The Balaban J connectivity index is 0.000000160. The molecule has 2 N–H and O–H groups in total. The zero-order chi connectivity index (χ0) is 55.0. The second-order valence-electron chi connectivity index (χ2n) is 19.2. The van der Waals surface area contributed by atoms with Crippen LogP contribution in [0.4, 0.5) is 0 Å². The van der Waals surface area contributed by atoms with E-state index in [4.69, 9.17) is 9.47 Å². The van der Waals surface area contributed by atoms with E-state index in [1.54, 1.807) is 93.9 Å². The smallest absolute Gasteiger partial charge is 0.302 e. The molecule has 0 saturated carbocycles. The highest BCUT2D eigenvalue weighted by Gasteiger charge is 2.36. The van der Waals surface area contributed by atoms with E-state index < -0.39 is 32.3 Å². The fourth-order valence-electron chi connectivity index (χ4n) is 10.7. The number of hydrogen-bond donors (Lipinski definition) is 2. The Morgan fingerprint density at radius 3 is 1.18 bits per heavy atom. The summed E-state index contributed by atoms with van der Waals surface area (Å²) < 4.78 is 75.3. The van der Waals surface area contributed by atoms with Gasteiger partial charge in [0, 0.05) is 64.9 Å². The number of aromatic nitrogens is 2. The number of carbonyl (C=O) groups is 1. The molecule has 0 fully saturated rings. The Hall–Kier alpha value is -8.27. The van der Waals surface area contributed by atoms with E-state index in [1.165, 1.54) is 14.9 Å². The molecular weight excluding hydrogens is 1020 g/mol. The van der Waals surface area contributed by atoms with Gasteiger partial charge in [-0.1, -0.05) is 132 Å². The Labute approximate surface area is 454 Å². The van der Waals surface area contributed by atoms with Crippen LogP contribution in [0, 0.1) is 13.8 Å². The number of hydrogen-bond acceptors (Lipinski definition) is 10. The molecule has 8 aromatic carbocycles. The third-order valence-corrected chi connectivity index (χ3v) is 17.7. The second-order valence-corrected chi connectivity index (χ2v) is 22.8. The lowest BCUT2D eigenvalue weighted by Crippen LogP contribution is -2.16. The number of fused-ring (bicyclic) bond motifs is 14. The average molecular weight is 1080 g/mol. The summed E-state index contributed by atoms with van der Waals surface area (Å²) >= 11 is 0. The number of rotatable bonds is 7. The molecule has 2 aliphatic carbocycles. The van der Waals surface area contributed by atoms with Crippen LogP contribution in [0.15, 0.2) is 192 Å². The lowest BCUT2D eigenvalue weighted by molar-refractivity contribution is -0.140. The molecule has 0 unspecified atom stereocenters. The molecular formula is C64H58N2O10S2. The molecule has 12 nitrogen and oxygen atoms in total. The summed E-state index contributed by atoms with van der Waals surface area (Å²) in [7, 11) is -4.94. The van der Waals surface area contributed by atoms with Crippen LogP contribution in [0.2, 0.25) is 0 Å². The first-order valence-electron chi connectivity index (χ1n) is 25.5. The first-order chi connectivity index (χ1) is 37.6. The largest absolute Gasteiger partial charge is 0.497 e. The molecule has 2 aliphatic rings. The van der Waals surface area contributed by atoms with Crippen LogP contribution in [-0.4, -0.2) is 61.8 Å². The molecule has 0 radical (unpaired) electrons. The van der Waals surface area contributed by atoms with Gasteiger partial charge in [-0.2, -0.15) is 0 Å². The van der Waals surface area contributed by atoms with E-state index in [2.05, 4.69) is 4.74 Å². The number of esters is 1. The Morgan fingerprint density at radius 1 is 0.500 bits per heavy atom. The number of ether oxygens (including phenoxy) is 3. The summed E-state index contributed by atoms with van der Waals surface area (Å²) in [6.45, 7) is 7.50. The highest BCUT2D eigenvalue weighted by Crippen LogP contribution is 2.49. The predicted octanol–water partition coefficient (Wildman–Crippen LogP) is 12.8. The van der Waals surface area contributed by atoms with Crippen molar-refractivity contribution in [3.05, 3.63) is 215 Å². The maximum Gasteiger partial charge on any atom is 0.302 e. The fourth-order valence-corrected chi connectivity index (χ4v) is 13.8. The van der Waals surface area contributed by atoms with Crippen LogP contribution >= 0.6 is 0 Å². The van der Waals surface area contributed by atoms with Crippen LogP contribution in [0.3, 0.4) is 0 Å². The summed E-state index contributed by atoms with van der Waals surface area (Å²) in [5, 5.41) is 24.6.